The molecule has 2 unspecified atom stereocenters. The zero-order valence-corrected chi connectivity index (χ0v) is 14.2. The van der Waals surface area contributed by atoms with Crippen molar-refractivity contribution in [3.05, 3.63) is 11.5 Å². The number of rotatable bonds is 1. The molecule has 136 valence electrons. The maximum absolute atomic E-state index is 10.6. The van der Waals surface area contributed by atoms with E-state index in [1.54, 1.807) is 0 Å². The molecule has 2 atom stereocenters. The standard InChI is InChI=1S/C13H22BNO2.C2HF3O2/c1-12(2)13(3,4)17-14(16-12)9-7-10-5-6-11(8-9)15-10;3-2(4,5)1(6)7/h7,10-11,15H,5-6,8H2,1-4H3;(H,6,7). The Morgan fingerprint density at radius 3 is 2.17 bits per heavy atom. The van der Waals surface area contributed by atoms with Crippen LogP contribution < -0.4 is 5.32 Å². The number of carbonyl (C=O) groups is 1. The van der Waals surface area contributed by atoms with Crippen LogP contribution in [0.4, 0.5) is 13.2 Å². The number of carboxylic acid groups (broad SMARTS) is 1. The molecular formula is C15H23BF3NO4. The van der Waals surface area contributed by atoms with Gasteiger partial charge in [-0.15, -0.1) is 0 Å². The lowest BCUT2D eigenvalue weighted by Crippen LogP contribution is -2.41. The highest BCUT2D eigenvalue weighted by molar-refractivity contribution is 6.54. The Balaban J connectivity index is 0.000000256. The third kappa shape index (κ3) is 4.12. The van der Waals surface area contributed by atoms with Crippen LogP contribution in [0.25, 0.3) is 0 Å². The zero-order valence-electron chi connectivity index (χ0n) is 14.2. The smallest absolute Gasteiger partial charge is 0.475 e. The number of hydrogen-bond acceptors (Lipinski definition) is 4. The van der Waals surface area contributed by atoms with Crippen LogP contribution in [0, 0.1) is 0 Å². The SMILES string of the molecule is CC1(C)OB(C2=CC3CCC(C2)N3)OC1(C)C.O=C(O)C(F)(F)F. The lowest BCUT2D eigenvalue weighted by Gasteiger charge is -2.32. The molecular weight excluding hydrogens is 326 g/mol. The summed E-state index contributed by atoms with van der Waals surface area (Å²) < 4.78 is 44.0. The van der Waals surface area contributed by atoms with Gasteiger partial charge in [0.15, 0.2) is 0 Å². The number of halogens is 3. The highest BCUT2D eigenvalue weighted by atomic mass is 19.4. The van der Waals surface area contributed by atoms with E-state index in [1.165, 1.54) is 18.3 Å². The summed E-state index contributed by atoms with van der Waals surface area (Å²) >= 11 is 0. The molecule has 0 spiro atoms. The quantitative estimate of drug-likeness (QED) is 0.713. The molecule has 9 heteroatoms. The summed E-state index contributed by atoms with van der Waals surface area (Å²) in [4.78, 5) is 8.90. The molecule has 5 nitrogen and oxygen atoms in total. The van der Waals surface area contributed by atoms with Gasteiger partial charge in [0.05, 0.1) is 11.2 Å². The zero-order chi connectivity index (χ0) is 18.3. The number of aliphatic carboxylic acids is 1. The van der Waals surface area contributed by atoms with Crippen molar-refractivity contribution >= 4 is 13.1 Å². The summed E-state index contributed by atoms with van der Waals surface area (Å²) in [6.45, 7) is 8.46. The summed E-state index contributed by atoms with van der Waals surface area (Å²) in [7, 11) is -0.134. The summed E-state index contributed by atoms with van der Waals surface area (Å²) in [5.74, 6) is -2.76. The van der Waals surface area contributed by atoms with Gasteiger partial charge in [-0.3, -0.25) is 0 Å². The second kappa shape index (κ2) is 6.35. The second-order valence-corrected chi connectivity index (χ2v) is 7.38. The first-order valence-electron chi connectivity index (χ1n) is 7.94. The molecule has 3 heterocycles. The van der Waals surface area contributed by atoms with Crippen LogP contribution in [0.1, 0.15) is 47.0 Å². The van der Waals surface area contributed by atoms with Gasteiger partial charge in [-0.1, -0.05) is 6.08 Å². The van der Waals surface area contributed by atoms with E-state index in [-0.39, 0.29) is 18.3 Å². The minimum absolute atomic E-state index is 0.134. The predicted octanol–water partition coefficient (Wildman–Crippen LogP) is 2.70. The van der Waals surface area contributed by atoms with Crippen molar-refractivity contribution in [2.24, 2.45) is 0 Å². The molecule has 0 aromatic heterocycles. The van der Waals surface area contributed by atoms with Crippen LogP contribution >= 0.6 is 0 Å². The molecule has 0 amide bonds. The molecule has 0 aromatic rings. The first-order chi connectivity index (χ1) is 10.8. The van der Waals surface area contributed by atoms with Crippen molar-refractivity contribution in [1.29, 1.82) is 0 Å². The van der Waals surface area contributed by atoms with Crippen molar-refractivity contribution in [2.45, 2.75) is 76.4 Å². The Labute approximate surface area is 139 Å². The summed E-state index contributed by atoms with van der Waals surface area (Å²) in [5, 5.41) is 10.7. The van der Waals surface area contributed by atoms with Crippen LogP contribution in [0.5, 0.6) is 0 Å². The molecule has 0 saturated carbocycles. The fraction of sp³-hybridized carbons (Fsp3) is 0.800. The normalized spacial score (nSPS) is 30.5. The van der Waals surface area contributed by atoms with Gasteiger partial charge in [0.1, 0.15) is 0 Å². The third-order valence-electron chi connectivity index (χ3n) is 4.97. The van der Waals surface area contributed by atoms with Crippen LogP contribution in [0.3, 0.4) is 0 Å². The van der Waals surface area contributed by atoms with Gasteiger partial charge in [-0.25, -0.2) is 4.79 Å². The largest absolute Gasteiger partial charge is 0.490 e. The van der Waals surface area contributed by atoms with Crippen molar-refractivity contribution in [3.8, 4) is 0 Å². The molecule has 3 rings (SSSR count). The average Bonchev–Trinajstić information content (AvgIpc) is 2.85. The van der Waals surface area contributed by atoms with Gasteiger partial charge >= 0.3 is 19.3 Å². The Morgan fingerprint density at radius 1 is 1.25 bits per heavy atom. The lowest BCUT2D eigenvalue weighted by molar-refractivity contribution is -0.192. The Bertz CT molecular complexity index is 517. The van der Waals surface area contributed by atoms with Crippen molar-refractivity contribution < 1.29 is 32.4 Å². The summed E-state index contributed by atoms with van der Waals surface area (Å²) in [6, 6.07) is 1.18. The van der Waals surface area contributed by atoms with Crippen molar-refractivity contribution in [2.75, 3.05) is 0 Å². The maximum Gasteiger partial charge on any atom is 0.490 e. The molecule has 3 aliphatic heterocycles. The van der Waals surface area contributed by atoms with E-state index in [0.29, 0.717) is 12.1 Å². The second-order valence-electron chi connectivity index (χ2n) is 7.38. The fourth-order valence-corrected chi connectivity index (χ4v) is 2.92. The monoisotopic (exact) mass is 349 g/mol. The van der Waals surface area contributed by atoms with Gasteiger partial charge in [-0.2, -0.15) is 13.2 Å². The van der Waals surface area contributed by atoms with Crippen LogP contribution in [-0.2, 0) is 14.1 Å². The Kier molecular flexibility index (Phi) is 5.10. The number of hydrogen-bond donors (Lipinski definition) is 2. The predicted molar refractivity (Wildman–Crippen MR) is 82.4 cm³/mol. The third-order valence-corrected chi connectivity index (χ3v) is 4.97. The molecule has 2 bridgehead atoms. The van der Waals surface area contributed by atoms with E-state index in [9.17, 15) is 13.2 Å². The Morgan fingerprint density at radius 2 is 1.75 bits per heavy atom. The van der Waals surface area contributed by atoms with E-state index in [2.05, 4.69) is 39.1 Å². The molecule has 2 N–H and O–H groups in total. The number of carboxylic acids is 1. The van der Waals surface area contributed by atoms with Gasteiger partial charge < -0.3 is 19.7 Å². The molecule has 3 aliphatic rings. The molecule has 0 radical (unpaired) electrons. The fourth-order valence-electron chi connectivity index (χ4n) is 2.92. The van der Waals surface area contributed by atoms with E-state index >= 15 is 0 Å². The topological polar surface area (TPSA) is 67.8 Å². The number of alkyl halides is 3. The average molecular weight is 349 g/mol. The molecule has 24 heavy (non-hydrogen) atoms. The van der Waals surface area contributed by atoms with Crippen LogP contribution in [0.15, 0.2) is 11.5 Å². The number of nitrogens with one attached hydrogen (secondary N) is 1. The lowest BCUT2D eigenvalue weighted by atomic mass is 9.73. The minimum atomic E-state index is -5.08. The van der Waals surface area contributed by atoms with E-state index in [4.69, 9.17) is 19.2 Å². The van der Waals surface area contributed by atoms with Crippen LogP contribution in [-0.4, -0.2) is 47.7 Å². The molecule has 2 saturated heterocycles. The van der Waals surface area contributed by atoms with Crippen molar-refractivity contribution in [1.82, 2.24) is 5.32 Å². The number of fused-ring (bicyclic) bond motifs is 2. The van der Waals surface area contributed by atoms with Crippen LogP contribution in [0.2, 0.25) is 0 Å². The van der Waals surface area contributed by atoms with Gasteiger partial charge in [0, 0.05) is 12.1 Å². The van der Waals surface area contributed by atoms with Crippen molar-refractivity contribution in [3.63, 3.8) is 0 Å². The van der Waals surface area contributed by atoms with Gasteiger partial charge in [-0.05, 0) is 52.4 Å². The van der Waals surface area contributed by atoms with E-state index < -0.39 is 12.1 Å². The molecule has 0 aliphatic carbocycles. The van der Waals surface area contributed by atoms with E-state index in [1.807, 2.05) is 0 Å². The highest BCUT2D eigenvalue weighted by Crippen LogP contribution is 2.40. The highest BCUT2D eigenvalue weighted by Gasteiger charge is 2.53. The summed E-state index contributed by atoms with van der Waals surface area (Å²) in [6.07, 6.45) is 0.858. The minimum Gasteiger partial charge on any atom is -0.475 e. The molecule has 2 fully saturated rings. The molecule has 0 aromatic carbocycles. The summed E-state index contributed by atoms with van der Waals surface area (Å²) in [5.41, 5.74) is 0.903. The van der Waals surface area contributed by atoms with Gasteiger partial charge in [0.25, 0.3) is 0 Å². The van der Waals surface area contributed by atoms with E-state index in [0.717, 1.165) is 6.42 Å². The maximum atomic E-state index is 10.6. The van der Waals surface area contributed by atoms with Gasteiger partial charge in [0.2, 0.25) is 0 Å². The first kappa shape index (κ1) is 19.3. The Hall–Kier alpha value is -1.06. The first-order valence-corrected chi connectivity index (χ1v) is 7.94.